The topological polar surface area (TPSA) is 74.2 Å². The number of methoxy groups -OCH3 is 1. The molecule has 0 amide bonds. The van der Waals surface area contributed by atoms with Crippen molar-refractivity contribution in [1.29, 1.82) is 0 Å². The van der Waals surface area contributed by atoms with Crippen LogP contribution in [0.5, 0.6) is 0 Å². The molecule has 2 rings (SSSR count). The summed E-state index contributed by atoms with van der Waals surface area (Å²) in [6.07, 6.45) is 5.87. The van der Waals surface area contributed by atoms with Crippen molar-refractivity contribution < 1.29 is 4.74 Å². The maximum atomic E-state index is 6.15. The molecule has 1 saturated carbocycles. The number of rotatable bonds is 4. The summed E-state index contributed by atoms with van der Waals surface area (Å²) in [6, 6.07) is 1.60. The van der Waals surface area contributed by atoms with Crippen molar-refractivity contribution in [2.24, 2.45) is 11.7 Å². The van der Waals surface area contributed by atoms with E-state index in [4.69, 9.17) is 16.2 Å². The highest BCUT2D eigenvalue weighted by Crippen LogP contribution is 2.39. The Hall–Kier alpha value is -1.13. The van der Waals surface area contributed by atoms with E-state index in [0.717, 1.165) is 5.56 Å². The maximum absolute atomic E-state index is 6.15. The first-order valence-corrected chi connectivity index (χ1v) is 5.21. The third-order valence-corrected chi connectivity index (χ3v) is 2.96. The summed E-state index contributed by atoms with van der Waals surface area (Å²) in [4.78, 5) is 4.05. The number of anilines is 1. The van der Waals surface area contributed by atoms with Crippen LogP contribution in [0, 0.1) is 5.92 Å². The van der Waals surface area contributed by atoms with Crippen molar-refractivity contribution >= 4 is 5.69 Å². The van der Waals surface area contributed by atoms with E-state index in [1.54, 1.807) is 25.6 Å². The molecular weight excluding hydrogens is 190 g/mol. The van der Waals surface area contributed by atoms with Gasteiger partial charge in [0.1, 0.15) is 0 Å². The largest absolute Gasteiger partial charge is 0.398 e. The van der Waals surface area contributed by atoms with Crippen LogP contribution in [0.4, 0.5) is 5.69 Å². The van der Waals surface area contributed by atoms with Crippen LogP contribution in [0.15, 0.2) is 18.5 Å². The third kappa shape index (κ3) is 2.11. The van der Waals surface area contributed by atoms with E-state index in [0.29, 0.717) is 11.6 Å². The second-order valence-electron chi connectivity index (χ2n) is 4.07. The molecule has 1 fully saturated rings. The van der Waals surface area contributed by atoms with Crippen molar-refractivity contribution in [3.63, 3.8) is 0 Å². The van der Waals surface area contributed by atoms with E-state index in [2.05, 4.69) is 4.98 Å². The summed E-state index contributed by atoms with van der Waals surface area (Å²) >= 11 is 0. The molecule has 4 heteroatoms. The molecule has 1 heterocycles. The van der Waals surface area contributed by atoms with Gasteiger partial charge in [-0.1, -0.05) is 0 Å². The molecule has 82 valence electrons. The minimum Gasteiger partial charge on any atom is -0.398 e. The Morgan fingerprint density at radius 1 is 1.53 bits per heavy atom. The predicted molar refractivity (Wildman–Crippen MR) is 59.1 cm³/mol. The van der Waals surface area contributed by atoms with Crippen molar-refractivity contribution in [3.05, 3.63) is 24.0 Å². The zero-order valence-corrected chi connectivity index (χ0v) is 8.89. The molecule has 1 aliphatic rings. The van der Waals surface area contributed by atoms with Crippen molar-refractivity contribution in [2.45, 2.75) is 25.0 Å². The van der Waals surface area contributed by atoms with E-state index >= 15 is 0 Å². The Bertz CT molecular complexity index is 338. The first kappa shape index (κ1) is 10.4. The third-order valence-electron chi connectivity index (χ3n) is 2.96. The number of aromatic nitrogens is 1. The molecule has 1 aliphatic carbocycles. The molecule has 2 unspecified atom stereocenters. The fourth-order valence-corrected chi connectivity index (χ4v) is 1.93. The normalized spacial score (nSPS) is 19.9. The van der Waals surface area contributed by atoms with Gasteiger partial charge in [0.05, 0.1) is 12.1 Å². The molecule has 1 aromatic rings. The first-order valence-electron chi connectivity index (χ1n) is 5.21. The molecule has 1 aromatic heterocycles. The van der Waals surface area contributed by atoms with E-state index < -0.39 is 0 Å². The molecule has 15 heavy (non-hydrogen) atoms. The van der Waals surface area contributed by atoms with Crippen LogP contribution in [0.2, 0.25) is 0 Å². The number of hydrogen-bond donors (Lipinski definition) is 2. The van der Waals surface area contributed by atoms with Crippen LogP contribution in [0.25, 0.3) is 0 Å². The van der Waals surface area contributed by atoms with Crippen LogP contribution in [-0.4, -0.2) is 18.2 Å². The van der Waals surface area contributed by atoms with Crippen LogP contribution in [-0.2, 0) is 4.74 Å². The predicted octanol–water partition coefficient (Wildman–Crippen LogP) is 1.09. The molecule has 4 N–H and O–H groups in total. The second kappa shape index (κ2) is 4.16. The highest BCUT2D eigenvalue weighted by atomic mass is 16.5. The number of nitrogen functional groups attached to an aromatic ring is 1. The molecule has 0 bridgehead atoms. The van der Waals surface area contributed by atoms with E-state index in [1.807, 2.05) is 0 Å². The molecule has 0 aliphatic heterocycles. The number of nitrogens with zero attached hydrogens (tertiary/aromatic N) is 1. The van der Waals surface area contributed by atoms with E-state index in [9.17, 15) is 0 Å². The van der Waals surface area contributed by atoms with Gasteiger partial charge in [0.2, 0.25) is 0 Å². The van der Waals surface area contributed by atoms with Gasteiger partial charge in [-0.25, -0.2) is 0 Å². The number of pyridine rings is 1. The summed E-state index contributed by atoms with van der Waals surface area (Å²) in [5, 5.41) is 0. The summed E-state index contributed by atoms with van der Waals surface area (Å²) in [5.74, 6) is 0.588. The summed E-state index contributed by atoms with van der Waals surface area (Å²) in [7, 11) is 1.70. The molecule has 4 nitrogen and oxygen atoms in total. The van der Waals surface area contributed by atoms with Gasteiger partial charge < -0.3 is 16.2 Å². The molecule has 0 radical (unpaired) electrons. The maximum Gasteiger partial charge on any atom is 0.0793 e. The molecule has 0 saturated heterocycles. The summed E-state index contributed by atoms with van der Waals surface area (Å²) < 4.78 is 5.44. The first-order chi connectivity index (χ1) is 7.24. The van der Waals surface area contributed by atoms with E-state index in [1.165, 1.54) is 12.8 Å². The Balaban J connectivity index is 2.18. The molecule has 0 aromatic carbocycles. The SMILES string of the molecule is COC(C1CC1)C(N)c1cnccc1N. The standard InChI is InChI=1S/C11H17N3O/c1-15-11(7-2-3-7)10(13)8-6-14-5-4-9(8)12/h4-7,10-11H,2-3,13H2,1H3,(H2,12,14). The van der Waals surface area contributed by atoms with Gasteiger partial charge in [-0.05, 0) is 24.8 Å². The lowest BCUT2D eigenvalue weighted by molar-refractivity contribution is 0.0625. The highest BCUT2D eigenvalue weighted by Gasteiger charge is 2.36. The fraction of sp³-hybridized carbons (Fsp3) is 0.545. The minimum atomic E-state index is -0.170. The Labute approximate surface area is 89.6 Å². The van der Waals surface area contributed by atoms with Crippen LogP contribution in [0.3, 0.4) is 0 Å². The highest BCUT2D eigenvalue weighted by molar-refractivity contribution is 5.46. The second-order valence-corrected chi connectivity index (χ2v) is 4.07. The molecular formula is C11H17N3O. The Kier molecular flexibility index (Phi) is 2.88. The number of ether oxygens (including phenoxy) is 1. The van der Waals surface area contributed by atoms with E-state index in [-0.39, 0.29) is 12.1 Å². The number of nitrogens with two attached hydrogens (primary N) is 2. The van der Waals surface area contributed by atoms with Gasteiger partial charge >= 0.3 is 0 Å². The van der Waals surface area contributed by atoms with Gasteiger partial charge in [-0.2, -0.15) is 0 Å². The zero-order chi connectivity index (χ0) is 10.8. The van der Waals surface area contributed by atoms with Crippen molar-refractivity contribution in [1.82, 2.24) is 4.98 Å². The van der Waals surface area contributed by atoms with Gasteiger partial charge in [0, 0.05) is 30.8 Å². The Morgan fingerprint density at radius 2 is 2.27 bits per heavy atom. The van der Waals surface area contributed by atoms with Crippen LogP contribution < -0.4 is 11.5 Å². The fourth-order valence-electron chi connectivity index (χ4n) is 1.93. The summed E-state index contributed by atoms with van der Waals surface area (Å²) in [6.45, 7) is 0. The summed E-state index contributed by atoms with van der Waals surface area (Å²) in [5.41, 5.74) is 13.6. The van der Waals surface area contributed by atoms with Crippen molar-refractivity contribution in [2.75, 3.05) is 12.8 Å². The monoisotopic (exact) mass is 207 g/mol. The zero-order valence-electron chi connectivity index (χ0n) is 8.89. The lowest BCUT2D eigenvalue weighted by Crippen LogP contribution is -2.30. The number of hydrogen-bond acceptors (Lipinski definition) is 4. The Morgan fingerprint density at radius 3 is 2.80 bits per heavy atom. The van der Waals surface area contributed by atoms with Crippen LogP contribution in [0.1, 0.15) is 24.4 Å². The smallest absolute Gasteiger partial charge is 0.0793 e. The molecule has 0 spiro atoms. The van der Waals surface area contributed by atoms with Gasteiger partial charge in [0.25, 0.3) is 0 Å². The lowest BCUT2D eigenvalue weighted by atomic mass is 9.99. The van der Waals surface area contributed by atoms with Gasteiger partial charge in [0.15, 0.2) is 0 Å². The minimum absolute atomic E-state index is 0.0662. The van der Waals surface area contributed by atoms with Crippen molar-refractivity contribution in [3.8, 4) is 0 Å². The average Bonchev–Trinajstić information content (AvgIpc) is 3.03. The van der Waals surface area contributed by atoms with Crippen LogP contribution >= 0.6 is 0 Å². The quantitative estimate of drug-likeness (QED) is 0.775. The lowest BCUT2D eigenvalue weighted by Gasteiger charge is -2.23. The van der Waals surface area contributed by atoms with Gasteiger partial charge in [-0.15, -0.1) is 0 Å². The van der Waals surface area contributed by atoms with Gasteiger partial charge in [-0.3, -0.25) is 4.98 Å². The average molecular weight is 207 g/mol. The molecule has 2 atom stereocenters.